The minimum absolute atomic E-state index is 0.331. The van der Waals surface area contributed by atoms with Crippen LogP contribution >= 0.6 is 15.9 Å². The van der Waals surface area contributed by atoms with Crippen molar-refractivity contribution in [1.29, 1.82) is 0 Å². The molecule has 0 fully saturated rings. The summed E-state index contributed by atoms with van der Waals surface area (Å²) in [5.41, 5.74) is 0. The van der Waals surface area contributed by atoms with Crippen molar-refractivity contribution >= 4 is 27.9 Å². The number of carbonyl (C=O) groups excluding carboxylic acids is 1. The molecule has 4 heteroatoms. The van der Waals surface area contributed by atoms with Crippen LogP contribution in [0.2, 0.25) is 0 Å². The van der Waals surface area contributed by atoms with Gasteiger partial charge in [-0.05, 0) is 22.0 Å². The molecule has 60 valence electrons. The molecule has 2 rings (SSSR count). The van der Waals surface area contributed by atoms with Gasteiger partial charge in [0, 0.05) is 17.4 Å². The van der Waals surface area contributed by atoms with Crippen LogP contribution in [0.25, 0.3) is 6.08 Å². The van der Waals surface area contributed by atoms with E-state index in [2.05, 4.69) is 20.9 Å². The van der Waals surface area contributed by atoms with Gasteiger partial charge in [-0.1, -0.05) is 0 Å². The predicted octanol–water partition coefficient (Wildman–Crippen LogP) is 0.529. The largest absolute Gasteiger partial charge is 0.270 e. The first-order valence-corrected chi connectivity index (χ1v) is 4.05. The summed E-state index contributed by atoms with van der Waals surface area (Å²) in [7, 11) is 0. The molecule has 0 radical (unpaired) electrons. The third-order valence-corrected chi connectivity index (χ3v) is 2.19. The van der Waals surface area contributed by atoms with Crippen molar-refractivity contribution in [3.63, 3.8) is 0 Å². The van der Waals surface area contributed by atoms with Crippen LogP contribution in [0.1, 0.15) is 0 Å². The molecule has 2 nitrogen and oxygen atoms in total. The molecule has 0 saturated heterocycles. The summed E-state index contributed by atoms with van der Waals surface area (Å²) >= 11 is 3.02. The Kier molecular flexibility index (Phi) is 1.58. The van der Waals surface area contributed by atoms with E-state index in [1.807, 2.05) is 0 Å². The third-order valence-electron chi connectivity index (χ3n) is 1.58. The van der Waals surface area contributed by atoms with Gasteiger partial charge in [0.1, 0.15) is 5.82 Å². The van der Waals surface area contributed by atoms with Crippen molar-refractivity contribution in [2.24, 2.45) is 4.99 Å². The van der Waals surface area contributed by atoms with Gasteiger partial charge in [-0.2, -0.15) is 0 Å². The highest BCUT2D eigenvalue weighted by Crippen LogP contribution is 2.09. The van der Waals surface area contributed by atoms with Gasteiger partial charge < -0.3 is 0 Å². The Morgan fingerprint density at radius 3 is 2.92 bits per heavy atom. The molecule has 0 atom stereocenters. The van der Waals surface area contributed by atoms with Crippen molar-refractivity contribution in [3.8, 4) is 0 Å². The Labute approximate surface area is 75.6 Å². The molecular formula is C8H3BrFNO. The van der Waals surface area contributed by atoms with Gasteiger partial charge in [-0.15, -0.1) is 0 Å². The summed E-state index contributed by atoms with van der Waals surface area (Å²) in [4.78, 5) is 14.4. The average Bonchev–Trinajstić information content (AvgIpc) is 2.30. The monoisotopic (exact) mass is 227 g/mol. The maximum Gasteiger partial charge on any atom is 0.270 e. The lowest BCUT2D eigenvalue weighted by atomic mass is 10.3. The standard InChI is InChI=1S/C8H3BrFNO/c9-5-1-4-2-8(12)11-7(4)3-6(5)10/h1-3H. The van der Waals surface area contributed by atoms with Gasteiger partial charge in [-0.25, -0.2) is 9.38 Å². The molecule has 0 saturated carbocycles. The zero-order chi connectivity index (χ0) is 8.72. The second-order valence-electron chi connectivity index (χ2n) is 2.42. The van der Waals surface area contributed by atoms with Gasteiger partial charge in [0.2, 0.25) is 0 Å². The van der Waals surface area contributed by atoms with Gasteiger partial charge >= 0.3 is 0 Å². The van der Waals surface area contributed by atoms with Crippen LogP contribution in [0.3, 0.4) is 0 Å². The number of amides is 1. The molecule has 1 aromatic rings. The number of hydrogen-bond donors (Lipinski definition) is 0. The van der Waals surface area contributed by atoms with Crippen molar-refractivity contribution in [1.82, 2.24) is 0 Å². The maximum atomic E-state index is 12.9. The molecule has 1 heterocycles. The molecule has 0 bridgehead atoms. The number of rotatable bonds is 0. The molecule has 1 aliphatic rings. The Morgan fingerprint density at radius 1 is 1.42 bits per heavy atom. The first-order chi connectivity index (χ1) is 5.66. The van der Waals surface area contributed by atoms with E-state index < -0.39 is 5.82 Å². The molecule has 0 unspecified atom stereocenters. The Balaban J connectivity index is 2.89. The lowest BCUT2D eigenvalue weighted by molar-refractivity contribution is -0.112. The van der Waals surface area contributed by atoms with E-state index in [1.165, 1.54) is 12.1 Å². The van der Waals surface area contributed by atoms with Crippen molar-refractivity contribution in [3.05, 3.63) is 33.0 Å². The van der Waals surface area contributed by atoms with Crippen LogP contribution in [-0.4, -0.2) is 5.91 Å². The number of halogens is 2. The lowest BCUT2D eigenvalue weighted by Gasteiger charge is -1.90. The minimum atomic E-state index is -0.402. The quantitative estimate of drug-likeness (QED) is 0.636. The first-order valence-electron chi connectivity index (χ1n) is 3.26. The van der Waals surface area contributed by atoms with Crippen molar-refractivity contribution in [2.45, 2.75) is 0 Å². The number of fused-ring (bicyclic) bond motifs is 1. The van der Waals surface area contributed by atoms with Crippen molar-refractivity contribution in [2.75, 3.05) is 0 Å². The fourth-order valence-corrected chi connectivity index (χ4v) is 1.41. The third kappa shape index (κ3) is 1.08. The van der Waals surface area contributed by atoms with E-state index in [0.717, 1.165) is 0 Å². The van der Waals surface area contributed by atoms with Crippen LogP contribution in [-0.2, 0) is 4.79 Å². The highest BCUT2D eigenvalue weighted by Gasteiger charge is 2.06. The molecule has 0 aromatic heterocycles. The van der Waals surface area contributed by atoms with Crippen LogP contribution in [0.15, 0.2) is 21.6 Å². The van der Waals surface area contributed by atoms with E-state index >= 15 is 0 Å². The van der Waals surface area contributed by atoms with E-state index in [0.29, 0.717) is 15.0 Å². The Hall–Kier alpha value is -1.03. The molecule has 0 N–H and O–H groups in total. The summed E-state index contributed by atoms with van der Waals surface area (Å²) in [6.07, 6.45) is 1.37. The highest BCUT2D eigenvalue weighted by atomic mass is 79.9. The van der Waals surface area contributed by atoms with Gasteiger partial charge in [0.25, 0.3) is 5.91 Å². The summed E-state index contributed by atoms with van der Waals surface area (Å²) in [6.45, 7) is 0. The van der Waals surface area contributed by atoms with Gasteiger partial charge in [0.05, 0.1) is 9.83 Å². The van der Waals surface area contributed by atoms with E-state index in [4.69, 9.17) is 0 Å². The minimum Gasteiger partial charge on any atom is -0.267 e. The van der Waals surface area contributed by atoms with E-state index in [-0.39, 0.29) is 5.91 Å². The maximum absolute atomic E-state index is 12.9. The smallest absolute Gasteiger partial charge is 0.267 e. The number of carbonyl (C=O) groups is 1. The SMILES string of the molecule is O=C1C=c2cc(Br)c(F)cc2=N1. The van der Waals surface area contributed by atoms with Crippen LogP contribution in [0.5, 0.6) is 0 Å². The summed E-state index contributed by atoms with van der Waals surface area (Å²) in [5, 5.41) is 1.06. The summed E-state index contributed by atoms with van der Waals surface area (Å²) < 4.78 is 13.2. The molecule has 0 spiro atoms. The van der Waals surface area contributed by atoms with Gasteiger partial charge in [-0.3, -0.25) is 4.79 Å². The average molecular weight is 228 g/mol. The molecule has 12 heavy (non-hydrogen) atoms. The second kappa shape index (κ2) is 2.48. The van der Waals surface area contributed by atoms with Crippen LogP contribution < -0.4 is 10.6 Å². The molecule has 0 aliphatic carbocycles. The van der Waals surface area contributed by atoms with E-state index in [9.17, 15) is 9.18 Å². The highest BCUT2D eigenvalue weighted by molar-refractivity contribution is 9.10. The Bertz CT molecular complexity index is 438. The fourth-order valence-electron chi connectivity index (χ4n) is 1.05. The zero-order valence-electron chi connectivity index (χ0n) is 5.84. The normalized spacial score (nSPS) is 13.7. The van der Waals surface area contributed by atoms with Crippen molar-refractivity contribution < 1.29 is 9.18 Å². The fraction of sp³-hybridized carbons (Fsp3) is 0. The van der Waals surface area contributed by atoms with Crippen LogP contribution in [0, 0.1) is 5.82 Å². The first kappa shape index (κ1) is 7.61. The molecular weight excluding hydrogens is 225 g/mol. The molecule has 1 aliphatic heterocycles. The lowest BCUT2D eigenvalue weighted by Crippen LogP contribution is -2.21. The Morgan fingerprint density at radius 2 is 2.17 bits per heavy atom. The molecule has 1 aromatic carbocycles. The predicted molar refractivity (Wildman–Crippen MR) is 44.4 cm³/mol. The number of hydrogen-bond acceptors (Lipinski definition) is 1. The molecule has 1 amide bonds. The zero-order valence-corrected chi connectivity index (χ0v) is 7.43. The van der Waals surface area contributed by atoms with Crippen LogP contribution in [0.4, 0.5) is 4.39 Å². The van der Waals surface area contributed by atoms with E-state index in [1.54, 1.807) is 6.07 Å². The topological polar surface area (TPSA) is 29.4 Å². The number of benzene rings is 1. The number of nitrogens with zero attached hydrogens (tertiary/aromatic N) is 1. The summed E-state index contributed by atoms with van der Waals surface area (Å²) in [5.74, 6) is -0.733. The second-order valence-corrected chi connectivity index (χ2v) is 3.27. The van der Waals surface area contributed by atoms with Gasteiger partial charge in [0.15, 0.2) is 0 Å². The summed E-state index contributed by atoms with van der Waals surface area (Å²) in [6, 6.07) is 2.78.